The highest BCUT2D eigenvalue weighted by molar-refractivity contribution is 7.99. The highest BCUT2D eigenvalue weighted by atomic mass is 32.2. The van der Waals surface area contributed by atoms with E-state index in [-0.39, 0.29) is 0 Å². The number of thioether (sulfide) groups is 1. The third kappa shape index (κ3) is 3.63. The summed E-state index contributed by atoms with van der Waals surface area (Å²) in [5, 5.41) is 0. The summed E-state index contributed by atoms with van der Waals surface area (Å²) >= 11 is 1.96. The monoisotopic (exact) mass is 262 g/mol. The molecule has 0 heterocycles. The molecule has 0 saturated heterocycles. The summed E-state index contributed by atoms with van der Waals surface area (Å²) in [7, 11) is 1.80. The van der Waals surface area contributed by atoms with Gasteiger partial charge in [0.15, 0.2) is 0 Å². The lowest BCUT2D eigenvalue weighted by molar-refractivity contribution is 0.0907. The molecule has 18 heavy (non-hydrogen) atoms. The largest absolute Gasteiger partial charge is 0.377 e. The van der Waals surface area contributed by atoms with Gasteiger partial charge in [-0.3, -0.25) is 0 Å². The molecule has 1 aromatic carbocycles. The summed E-state index contributed by atoms with van der Waals surface area (Å²) < 4.78 is 5.46. The average Bonchev–Trinajstić information content (AvgIpc) is 2.38. The molecule has 2 atom stereocenters. The van der Waals surface area contributed by atoms with Gasteiger partial charge >= 0.3 is 0 Å². The fourth-order valence-electron chi connectivity index (χ4n) is 2.31. The zero-order chi connectivity index (χ0) is 13.0. The third-order valence-electron chi connectivity index (χ3n) is 3.57. The van der Waals surface area contributed by atoms with Gasteiger partial charge in [0.05, 0.1) is 6.10 Å². The van der Waals surface area contributed by atoms with Gasteiger partial charge in [0.25, 0.3) is 0 Å². The van der Waals surface area contributed by atoms with Crippen molar-refractivity contribution in [3.05, 3.63) is 42.0 Å². The molecule has 0 saturated carbocycles. The van der Waals surface area contributed by atoms with Gasteiger partial charge in [-0.2, -0.15) is 0 Å². The number of allylic oxidation sites excluding steroid dienone is 1. The Hall–Kier alpha value is -0.730. The number of aryl methyl sites for hydroxylation is 1. The first-order valence-corrected chi connectivity index (χ1v) is 7.49. The summed E-state index contributed by atoms with van der Waals surface area (Å²) in [6, 6.07) is 8.80. The van der Waals surface area contributed by atoms with Crippen LogP contribution >= 0.6 is 11.8 Å². The Morgan fingerprint density at radius 2 is 2.06 bits per heavy atom. The number of methoxy groups -OCH3 is 1. The van der Waals surface area contributed by atoms with Crippen molar-refractivity contribution >= 4 is 11.8 Å². The molecule has 0 amide bonds. The van der Waals surface area contributed by atoms with Crippen molar-refractivity contribution in [1.29, 1.82) is 0 Å². The zero-order valence-electron chi connectivity index (χ0n) is 11.5. The van der Waals surface area contributed by atoms with Crippen LogP contribution in [0.1, 0.15) is 25.3 Å². The van der Waals surface area contributed by atoms with E-state index in [2.05, 4.69) is 50.3 Å². The van der Waals surface area contributed by atoms with Crippen LogP contribution in [0.2, 0.25) is 0 Å². The SMILES string of the molecule is CO[C@@H]1C=CCC(C)(CSc2ccc(C)cc2)C1. The van der Waals surface area contributed by atoms with Gasteiger partial charge in [0, 0.05) is 17.8 Å². The summed E-state index contributed by atoms with van der Waals surface area (Å²) in [5.41, 5.74) is 1.68. The molecule has 1 aliphatic rings. The van der Waals surface area contributed by atoms with Gasteiger partial charge in [-0.1, -0.05) is 36.8 Å². The molecular formula is C16H22OS. The Balaban J connectivity index is 1.93. The van der Waals surface area contributed by atoms with Crippen LogP contribution in [-0.2, 0) is 4.74 Å². The quantitative estimate of drug-likeness (QED) is 0.585. The van der Waals surface area contributed by atoms with Gasteiger partial charge in [0.1, 0.15) is 0 Å². The van der Waals surface area contributed by atoms with Crippen LogP contribution in [0.15, 0.2) is 41.3 Å². The number of rotatable bonds is 4. The first kappa shape index (κ1) is 13.7. The predicted octanol–water partition coefficient (Wildman–Crippen LogP) is 4.46. The molecule has 1 nitrogen and oxygen atoms in total. The van der Waals surface area contributed by atoms with Crippen LogP contribution in [0.4, 0.5) is 0 Å². The van der Waals surface area contributed by atoms with Crippen LogP contribution in [0.3, 0.4) is 0 Å². The molecule has 1 unspecified atom stereocenters. The zero-order valence-corrected chi connectivity index (χ0v) is 12.3. The number of benzene rings is 1. The Morgan fingerprint density at radius 1 is 1.33 bits per heavy atom. The molecule has 0 N–H and O–H groups in total. The molecule has 1 aliphatic carbocycles. The lowest BCUT2D eigenvalue weighted by Crippen LogP contribution is -2.28. The second kappa shape index (κ2) is 5.94. The first-order valence-electron chi connectivity index (χ1n) is 6.50. The highest BCUT2D eigenvalue weighted by Gasteiger charge is 2.29. The van der Waals surface area contributed by atoms with Gasteiger partial charge in [0.2, 0.25) is 0 Å². The molecule has 0 aromatic heterocycles. The Labute approximate surface area is 115 Å². The summed E-state index contributed by atoms with van der Waals surface area (Å²) in [6.07, 6.45) is 7.04. The van der Waals surface area contributed by atoms with Crippen molar-refractivity contribution in [2.75, 3.05) is 12.9 Å². The van der Waals surface area contributed by atoms with E-state index < -0.39 is 0 Å². The fourth-order valence-corrected chi connectivity index (χ4v) is 3.39. The van der Waals surface area contributed by atoms with E-state index >= 15 is 0 Å². The van der Waals surface area contributed by atoms with Gasteiger partial charge in [-0.15, -0.1) is 11.8 Å². The maximum absolute atomic E-state index is 5.46. The molecular weight excluding hydrogens is 240 g/mol. The van der Waals surface area contributed by atoms with Crippen molar-refractivity contribution < 1.29 is 4.74 Å². The van der Waals surface area contributed by atoms with Crippen LogP contribution < -0.4 is 0 Å². The fraction of sp³-hybridized carbons (Fsp3) is 0.500. The molecule has 1 aromatic rings. The van der Waals surface area contributed by atoms with Crippen LogP contribution in [0.25, 0.3) is 0 Å². The van der Waals surface area contributed by atoms with E-state index in [1.54, 1.807) is 7.11 Å². The minimum Gasteiger partial charge on any atom is -0.377 e. The standard InChI is InChI=1S/C16H22OS/c1-13-6-8-15(9-7-13)18-12-16(2)10-4-5-14(11-16)17-3/h4-9,14H,10-12H2,1-3H3/t14-,16?/m1/s1. The molecule has 0 aliphatic heterocycles. The van der Waals surface area contributed by atoms with E-state index in [0.717, 1.165) is 18.6 Å². The number of hydrogen-bond donors (Lipinski definition) is 0. The summed E-state index contributed by atoms with van der Waals surface area (Å²) in [6.45, 7) is 4.49. The average molecular weight is 262 g/mol. The Bertz CT molecular complexity index is 410. The molecule has 0 radical (unpaired) electrons. The predicted molar refractivity (Wildman–Crippen MR) is 79.2 cm³/mol. The minimum absolute atomic E-state index is 0.294. The maximum atomic E-state index is 5.46. The van der Waals surface area contributed by atoms with Gasteiger partial charge < -0.3 is 4.74 Å². The minimum atomic E-state index is 0.294. The highest BCUT2D eigenvalue weighted by Crippen LogP contribution is 2.38. The molecule has 2 heteroatoms. The van der Waals surface area contributed by atoms with Gasteiger partial charge in [-0.25, -0.2) is 0 Å². The second-order valence-corrected chi connectivity index (χ2v) is 6.57. The topological polar surface area (TPSA) is 9.23 Å². The van der Waals surface area contributed by atoms with Crippen molar-refractivity contribution in [2.24, 2.45) is 5.41 Å². The van der Waals surface area contributed by atoms with Gasteiger partial charge in [-0.05, 0) is 37.3 Å². The first-order chi connectivity index (χ1) is 8.61. The lowest BCUT2D eigenvalue weighted by Gasteiger charge is -2.34. The van der Waals surface area contributed by atoms with Crippen molar-refractivity contribution in [3.63, 3.8) is 0 Å². The van der Waals surface area contributed by atoms with E-state index in [0.29, 0.717) is 11.5 Å². The summed E-state index contributed by atoms with van der Waals surface area (Å²) in [4.78, 5) is 1.37. The molecule has 0 fully saturated rings. The van der Waals surface area contributed by atoms with E-state index in [4.69, 9.17) is 4.74 Å². The van der Waals surface area contributed by atoms with Crippen LogP contribution in [0, 0.1) is 12.3 Å². The van der Waals surface area contributed by atoms with Crippen LogP contribution in [-0.4, -0.2) is 19.0 Å². The summed E-state index contributed by atoms with van der Waals surface area (Å²) in [5.74, 6) is 1.15. The lowest BCUT2D eigenvalue weighted by atomic mass is 9.79. The maximum Gasteiger partial charge on any atom is 0.0757 e. The number of ether oxygens (including phenoxy) is 1. The second-order valence-electron chi connectivity index (χ2n) is 5.52. The third-order valence-corrected chi connectivity index (χ3v) is 5.01. The molecule has 0 spiro atoms. The van der Waals surface area contributed by atoms with E-state index in [1.165, 1.54) is 10.5 Å². The Kier molecular flexibility index (Phi) is 4.52. The molecule has 0 bridgehead atoms. The normalized spacial score (nSPS) is 27.4. The smallest absolute Gasteiger partial charge is 0.0757 e. The van der Waals surface area contributed by atoms with E-state index in [1.807, 2.05) is 11.8 Å². The van der Waals surface area contributed by atoms with E-state index in [9.17, 15) is 0 Å². The van der Waals surface area contributed by atoms with Crippen molar-refractivity contribution in [1.82, 2.24) is 0 Å². The number of hydrogen-bond acceptors (Lipinski definition) is 2. The molecule has 98 valence electrons. The van der Waals surface area contributed by atoms with Crippen LogP contribution in [0.5, 0.6) is 0 Å². The van der Waals surface area contributed by atoms with Crippen molar-refractivity contribution in [2.45, 2.75) is 37.7 Å². The van der Waals surface area contributed by atoms with Crippen molar-refractivity contribution in [3.8, 4) is 0 Å². The Morgan fingerprint density at radius 3 is 2.72 bits per heavy atom. The molecule has 2 rings (SSSR count).